The fraction of sp³-hybridized carbons (Fsp3) is 0.611. The molecule has 7 heteroatoms. The second-order valence-electron chi connectivity index (χ2n) is 7.17. The molecule has 0 radical (unpaired) electrons. The smallest absolute Gasteiger partial charge is 0.241 e. The minimum Gasteiger partial charge on any atom is -0.338 e. The molecule has 1 aromatic rings. The zero-order valence-electron chi connectivity index (χ0n) is 14.2. The van der Waals surface area contributed by atoms with Gasteiger partial charge in [-0.25, -0.2) is 9.82 Å². The van der Waals surface area contributed by atoms with Gasteiger partial charge in [0.1, 0.15) is 11.9 Å². The van der Waals surface area contributed by atoms with Crippen LogP contribution in [-0.4, -0.2) is 48.6 Å². The van der Waals surface area contributed by atoms with Crippen molar-refractivity contribution in [1.82, 2.24) is 21.1 Å². The molecule has 0 aromatic heterocycles. The van der Waals surface area contributed by atoms with Crippen LogP contribution in [0.5, 0.6) is 0 Å². The molecular formula is C18H26ClFN4O. The molecule has 1 amide bonds. The molecule has 5 nitrogen and oxygen atoms in total. The Morgan fingerprint density at radius 1 is 1.24 bits per heavy atom. The van der Waals surface area contributed by atoms with E-state index in [0.29, 0.717) is 31.0 Å². The van der Waals surface area contributed by atoms with Gasteiger partial charge in [-0.1, -0.05) is 12.1 Å². The summed E-state index contributed by atoms with van der Waals surface area (Å²) in [7, 11) is 0. The quantitative estimate of drug-likeness (QED) is 0.732. The summed E-state index contributed by atoms with van der Waals surface area (Å²) < 4.78 is 13.3. The number of fused-ring (bicyclic) bond motifs is 1. The molecule has 2 heterocycles. The Hall–Kier alpha value is -1.21. The predicted molar refractivity (Wildman–Crippen MR) is 96.9 cm³/mol. The van der Waals surface area contributed by atoms with Gasteiger partial charge in [-0.05, 0) is 49.9 Å². The molecule has 1 aliphatic carbocycles. The number of rotatable bonds is 5. The summed E-state index contributed by atoms with van der Waals surface area (Å²) in [6.45, 7) is 2.54. The van der Waals surface area contributed by atoms with E-state index in [1.165, 1.54) is 6.07 Å². The van der Waals surface area contributed by atoms with Crippen molar-refractivity contribution in [2.45, 2.75) is 43.8 Å². The standard InChI is InChI=1S/C18H25FN4O.ClH/c19-13-3-1-2-12(10-13)7-9-23(14-4-5-14)18(24)17-15-11-20-8-6-16(15)21-22-17;/h1-3,10,14-17,20-22H,4-9,11H2;1H. The first-order valence-corrected chi connectivity index (χ1v) is 8.99. The van der Waals surface area contributed by atoms with Crippen molar-refractivity contribution < 1.29 is 9.18 Å². The first kappa shape index (κ1) is 18.6. The number of carbonyl (C=O) groups excluding carboxylic acids is 1. The number of benzene rings is 1. The van der Waals surface area contributed by atoms with E-state index in [-0.39, 0.29) is 30.2 Å². The molecule has 138 valence electrons. The van der Waals surface area contributed by atoms with E-state index >= 15 is 0 Å². The lowest BCUT2D eigenvalue weighted by Crippen LogP contribution is -2.51. The lowest BCUT2D eigenvalue weighted by molar-refractivity contribution is -0.134. The van der Waals surface area contributed by atoms with Crippen molar-refractivity contribution in [3.8, 4) is 0 Å². The number of halogens is 2. The van der Waals surface area contributed by atoms with Crippen LogP contribution in [0.25, 0.3) is 0 Å². The van der Waals surface area contributed by atoms with E-state index in [0.717, 1.165) is 37.9 Å². The van der Waals surface area contributed by atoms with Crippen molar-refractivity contribution in [3.63, 3.8) is 0 Å². The summed E-state index contributed by atoms with van der Waals surface area (Å²) in [6.07, 6.45) is 3.92. The van der Waals surface area contributed by atoms with Gasteiger partial charge < -0.3 is 10.2 Å². The van der Waals surface area contributed by atoms with Crippen LogP contribution in [0.3, 0.4) is 0 Å². The molecule has 4 rings (SSSR count). The Balaban J connectivity index is 0.00000182. The SMILES string of the molecule is Cl.O=C(C1NNC2CCNCC21)N(CCc1cccc(F)c1)C1CC1. The van der Waals surface area contributed by atoms with Crippen LogP contribution in [0.1, 0.15) is 24.8 Å². The van der Waals surface area contributed by atoms with Crippen molar-refractivity contribution in [2.75, 3.05) is 19.6 Å². The van der Waals surface area contributed by atoms with E-state index in [1.807, 2.05) is 11.0 Å². The highest BCUT2D eigenvalue weighted by atomic mass is 35.5. The molecule has 3 fully saturated rings. The Morgan fingerprint density at radius 3 is 2.84 bits per heavy atom. The van der Waals surface area contributed by atoms with Gasteiger partial charge in [-0.3, -0.25) is 10.2 Å². The molecule has 3 N–H and O–H groups in total. The molecule has 0 spiro atoms. The highest BCUT2D eigenvalue weighted by Gasteiger charge is 2.45. The Morgan fingerprint density at radius 2 is 2.08 bits per heavy atom. The van der Waals surface area contributed by atoms with Crippen molar-refractivity contribution in [3.05, 3.63) is 35.6 Å². The van der Waals surface area contributed by atoms with Crippen LogP contribution >= 0.6 is 12.4 Å². The van der Waals surface area contributed by atoms with Gasteiger partial charge in [0.25, 0.3) is 0 Å². The van der Waals surface area contributed by atoms with Gasteiger partial charge in [0.15, 0.2) is 0 Å². The maximum atomic E-state index is 13.3. The fourth-order valence-corrected chi connectivity index (χ4v) is 3.94. The minimum absolute atomic E-state index is 0. The Kier molecular flexibility index (Phi) is 5.94. The summed E-state index contributed by atoms with van der Waals surface area (Å²) in [5.41, 5.74) is 7.47. The number of amides is 1. The molecular weight excluding hydrogens is 343 g/mol. The van der Waals surface area contributed by atoms with Crippen molar-refractivity contribution in [1.29, 1.82) is 0 Å². The van der Waals surface area contributed by atoms with Gasteiger partial charge in [0.2, 0.25) is 5.91 Å². The normalized spacial score (nSPS) is 28.1. The molecule has 3 aliphatic rings. The number of nitrogens with zero attached hydrogens (tertiary/aromatic N) is 1. The topological polar surface area (TPSA) is 56.4 Å². The molecule has 1 aromatic carbocycles. The Labute approximate surface area is 154 Å². The summed E-state index contributed by atoms with van der Waals surface area (Å²) >= 11 is 0. The second-order valence-corrected chi connectivity index (χ2v) is 7.17. The highest BCUT2D eigenvalue weighted by molar-refractivity contribution is 5.85. The van der Waals surface area contributed by atoms with Crippen LogP contribution < -0.4 is 16.2 Å². The first-order chi connectivity index (χ1) is 11.7. The maximum Gasteiger partial charge on any atom is 0.241 e. The van der Waals surface area contributed by atoms with Gasteiger partial charge in [-0.2, -0.15) is 0 Å². The molecule has 3 atom stereocenters. The lowest BCUT2D eigenvalue weighted by Gasteiger charge is -2.31. The summed E-state index contributed by atoms with van der Waals surface area (Å²) in [6, 6.07) is 7.26. The number of carbonyl (C=O) groups is 1. The van der Waals surface area contributed by atoms with Crippen LogP contribution in [0.2, 0.25) is 0 Å². The summed E-state index contributed by atoms with van der Waals surface area (Å²) in [5, 5.41) is 3.40. The number of piperidine rings is 1. The van der Waals surface area contributed by atoms with Gasteiger partial charge in [-0.15, -0.1) is 12.4 Å². The Bertz CT molecular complexity index is 612. The zero-order chi connectivity index (χ0) is 16.5. The van der Waals surface area contributed by atoms with E-state index < -0.39 is 0 Å². The number of hydrazine groups is 1. The molecule has 3 unspecified atom stereocenters. The average molecular weight is 369 g/mol. The van der Waals surface area contributed by atoms with Crippen LogP contribution in [-0.2, 0) is 11.2 Å². The second kappa shape index (κ2) is 7.99. The van der Waals surface area contributed by atoms with Crippen LogP contribution in [0.15, 0.2) is 24.3 Å². The highest BCUT2D eigenvalue weighted by Crippen LogP contribution is 2.30. The summed E-state index contributed by atoms with van der Waals surface area (Å²) in [5.74, 6) is 0.286. The monoisotopic (exact) mass is 368 g/mol. The molecule has 0 bridgehead atoms. The third-order valence-electron chi connectivity index (χ3n) is 5.45. The van der Waals surface area contributed by atoms with E-state index in [4.69, 9.17) is 0 Å². The third-order valence-corrected chi connectivity index (χ3v) is 5.45. The van der Waals surface area contributed by atoms with Crippen LogP contribution in [0.4, 0.5) is 4.39 Å². The lowest BCUT2D eigenvalue weighted by atomic mass is 9.88. The van der Waals surface area contributed by atoms with Gasteiger partial charge in [0, 0.05) is 31.1 Å². The van der Waals surface area contributed by atoms with E-state index in [9.17, 15) is 9.18 Å². The number of nitrogens with one attached hydrogen (secondary N) is 3. The summed E-state index contributed by atoms with van der Waals surface area (Å²) in [4.78, 5) is 15.1. The van der Waals surface area contributed by atoms with Gasteiger partial charge in [0.05, 0.1) is 0 Å². The van der Waals surface area contributed by atoms with Crippen molar-refractivity contribution in [2.24, 2.45) is 5.92 Å². The first-order valence-electron chi connectivity index (χ1n) is 8.99. The average Bonchev–Trinajstić information content (AvgIpc) is 3.33. The fourth-order valence-electron chi connectivity index (χ4n) is 3.94. The molecule has 1 saturated carbocycles. The molecule has 2 saturated heterocycles. The minimum atomic E-state index is -0.213. The van der Waals surface area contributed by atoms with Crippen molar-refractivity contribution >= 4 is 18.3 Å². The number of hydrogen-bond acceptors (Lipinski definition) is 4. The van der Waals surface area contributed by atoms with Gasteiger partial charge >= 0.3 is 0 Å². The molecule has 2 aliphatic heterocycles. The zero-order valence-corrected chi connectivity index (χ0v) is 15.0. The predicted octanol–water partition coefficient (Wildman–Crippen LogP) is 1.24. The van der Waals surface area contributed by atoms with E-state index in [2.05, 4.69) is 16.2 Å². The maximum absolute atomic E-state index is 13.3. The third kappa shape index (κ3) is 4.14. The van der Waals surface area contributed by atoms with E-state index in [1.54, 1.807) is 12.1 Å². The van der Waals surface area contributed by atoms with Crippen LogP contribution in [0, 0.1) is 11.7 Å². The largest absolute Gasteiger partial charge is 0.338 e. The number of hydrogen-bond donors (Lipinski definition) is 3. The molecule has 25 heavy (non-hydrogen) atoms.